The van der Waals surface area contributed by atoms with Crippen LogP contribution in [-0.2, 0) is 4.74 Å². The Morgan fingerprint density at radius 2 is 1.95 bits per heavy atom. The van der Waals surface area contributed by atoms with E-state index in [4.69, 9.17) is 9.47 Å². The van der Waals surface area contributed by atoms with E-state index >= 15 is 0 Å². The first-order valence-electron chi connectivity index (χ1n) is 7.34. The maximum Gasteiger partial charge on any atom is 0.410 e. The van der Waals surface area contributed by atoms with Gasteiger partial charge in [0.15, 0.2) is 11.6 Å². The Hall–Kier alpha value is -1.30. The van der Waals surface area contributed by atoms with Crippen molar-refractivity contribution in [1.82, 2.24) is 4.90 Å². The minimum Gasteiger partial charge on any atom is -0.487 e. The molecule has 1 fully saturated rings. The third kappa shape index (κ3) is 4.87. The Kier molecular flexibility index (Phi) is 5.32. The van der Waals surface area contributed by atoms with Crippen molar-refractivity contribution in [3.05, 3.63) is 28.5 Å². The first-order chi connectivity index (χ1) is 10.2. The number of nitrogens with zero attached hydrogens (tertiary/aromatic N) is 1. The van der Waals surface area contributed by atoms with Gasteiger partial charge in [0.2, 0.25) is 0 Å². The lowest BCUT2D eigenvalue weighted by Gasteiger charge is -2.33. The summed E-state index contributed by atoms with van der Waals surface area (Å²) < 4.78 is 25.5. The predicted octanol–water partition coefficient (Wildman–Crippen LogP) is 4.37. The van der Waals surface area contributed by atoms with Crippen LogP contribution in [0.2, 0.25) is 0 Å². The molecule has 0 saturated carbocycles. The fraction of sp³-hybridized carbons (Fsp3) is 0.562. The molecule has 0 atom stereocenters. The van der Waals surface area contributed by atoms with Gasteiger partial charge < -0.3 is 14.4 Å². The standard InChI is InChI=1S/C16H21BrFNO3/c1-16(2,3)22-15(20)19-8-6-12(7-9-19)21-14-10-11(17)4-5-13(14)18/h4-5,10,12H,6-9H2,1-3H3. The summed E-state index contributed by atoms with van der Waals surface area (Å²) in [5.74, 6) is -0.136. The largest absolute Gasteiger partial charge is 0.487 e. The summed E-state index contributed by atoms with van der Waals surface area (Å²) in [6, 6.07) is 4.62. The van der Waals surface area contributed by atoms with Crippen LogP contribution in [0.3, 0.4) is 0 Å². The number of ether oxygens (including phenoxy) is 2. The van der Waals surface area contributed by atoms with E-state index < -0.39 is 5.60 Å². The summed E-state index contributed by atoms with van der Waals surface area (Å²) in [4.78, 5) is 13.6. The van der Waals surface area contributed by atoms with E-state index in [0.29, 0.717) is 25.9 Å². The number of benzene rings is 1. The first-order valence-corrected chi connectivity index (χ1v) is 8.13. The minimum absolute atomic E-state index is 0.0949. The number of likely N-dealkylation sites (tertiary alicyclic amines) is 1. The quantitative estimate of drug-likeness (QED) is 0.772. The topological polar surface area (TPSA) is 38.8 Å². The van der Waals surface area contributed by atoms with Crippen LogP contribution in [0.1, 0.15) is 33.6 Å². The molecule has 1 aromatic carbocycles. The zero-order valence-electron chi connectivity index (χ0n) is 13.1. The Balaban J connectivity index is 1.87. The van der Waals surface area contributed by atoms with Crippen LogP contribution in [0.5, 0.6) is 5.75 Å². The zero-order valence-corrected chi connectivity index (χ0v) is 14.7. The third-order valence-electron chi connectivity index (χ3n) is 3.28. The van der Waals surface area contributed by atoms with Crippen LogP contribution in [0.15, 0.2) is 22.7 Å². The number of hydrogen-bond donors (Lipinski definition) is 0. The molecule has 1 saturated heterocycles. The molecular weight excluding hydrogens is 353 g/mol. The summed E-state index contributed by atoms with van der Waals surface area (Å²) >= 11 is 3.30. The van der Waals surface area contributed by atoms with Crippen LogP contribution in [0.4, 0.5) is 9.18 Å². The summed E-state index contributed by atoms with van der Waals surface area (Å²) in [5.41, 5.74) is -0.496. The van der Waals surface area contributed by atoms with Gasteiger partial charge in [-0.3, -0.25) is 0 Å². The molecule has 0 aromatic heterocycles. The van der Waals surface area contributed by atoms with Crippen LogP contribution >= 0.6 is 15.9 Å². The van der Waals surface area contributed by atoms with Crippen molar-refractivity contribution < 1.29 is 18.7 Å². The van der Waals surface area contributed by atoms with Gasteiger partial charge in [0.25, 0.3) is 0 Å². The van der Waals surface area contributed by atoms with Gasteiger partial charge in [0.1, 0.15) is 11.7 Å². The molecule has 1 amide bonds. The molecule has 0 bridgehead atoms. The van der Waals surface area contributed by atoms with Gasteiger partial charge in [0, 0.05) is 30.4 Å². The molecular formula is C16H21BrFNO3. The molecule has 1 aliphatic heterocycles. The Morgan fingerprint density at radius 3 is 2.55 bits per heavy atom. The number of rotatable bonds is 2. The van der Waals surface area contributed by atoms with Gasteiger partial charge in [-0.1, -0.05) is 15.9 Å². The van der Waals surface area contributed by atoms with E-state index in [1.54, 1.807) is 17.0 Å². The monoisotopic (exact) mass is 373 g/mol. The van der Waals surface area contributed by atoms with E-state index in [1.807, 2.05) is 20.8 Å². The number of hydrogen-bond acceptors (Lipinski definition) is 3. The SMILES string of the molecule is CC(C)(C)OC(=O)N1CCC(Oc2cc(Br)ccc2F)CC1. The van der Waals surface area contributed by atoms with Gasteiger partial charge in [-0.15, -0.1) is 0 Å². The number of carbonyl (C=O) groups excluding carboxylic acids is 1. The van der Waals surface area contributed by atoms with Crippen molar-refractivity contribution in [2.45, 2.75) is 45.3 Å². The van der Waals surface area contributed by atoms with Crippen molar-refractivity contribution in [3.63, 3.8) is 0 Å². The highest BCUT2D eigenvalue weighted by molar-refractivity contribution is 9.10. The molecule has 0 N–H and O–H groups in total. The fourth-order valence-corrected chi connectivity index (χ4v) is 2.57. The second kappa shape index (κ2) is 6.86. The number of amides is 1. The highest BCUT2D eigenvalue weighted by atomic mass is 79.9. The van der Waals surface area contributed by atoms with Crippen LogP contribution in [0, 0.1) is 5.82 Å². The third-order valence-corrected chi connectivity index (χ3v) is 3.77. The molecule has 22 heavy (non-hydrogen) atoms. The van der Waals surface area contributed by atoms with Crippen LogP contribution < -0.4 is 4.74 Å². The second-order valence-electron chi connectivity index (χ2n) is 6.36. The first kappa shape index (κ1) is 17.1. The minimum atomic E-state index is -0.496. The smallest absolute Gasteiger partial charge is 0.410 e. The molecule has 0 aliphatic carbocycles. The number of carbonyl (C=O) groups is 1. The molecule has 122 valence electrons. The van der Waals surface area contributed by atoms with E-state index in [2.05, 4.69) is 15.9 Å². The van der Waals surface area contributed by atoms with Gasteiger partial charge >= 0.3 is 6.09 Å². The molecule has 0 unspecified atom stereocenters. The van der Waals surface area contributed by atoms with Crippen molar-refractivity contribution in [2.75, 3.05) is 13.1 Å². The van der Waals surface area contributed by atoms with Crippen molar-refractivity contribution >= 4 is 22.0 Å². The molecule has 0 spiro atoms. The highest BCUT2D eigenvalue weighted by Crippen LogP contribution is 2.26. The Bertz CT molecular complexity index is 537. The second-order valence-corrected chi connectivity index (χ2v) is 7.28. The maximum absolute atomic E-state index is 13.7. The molecule has 1 aliphatic rings. The summed E-state index contributed by atoms with van der Waals surface area (Å²) in [6.45, 7) is 6.63. The van der Waals surface area contributed by atoms with Gasteiger partial charge in [-0.2, -0.15) is 0 Å². The average Bonchev–Trinajstić information content (AvgIpc) is 2.42. The summed E-state index contributed by atoms with van der Waals surface area (Å²) in [7, 11) is 0. The van der Waals surface area contributed by atoms with Gasteiger partial charge in [0.05, 0.1) is 0 Å². The van der Waals surface area contributed by atoms with E-state index in [-0.39, 0.29) is 23.8 Å². The molecule has 6 heteroatoms. The van der Waals surface area contributed by atoms with E-state index in [9.17, 15) is 9.18 Å². The van der Waals surface area contributed by atoms with Crippen LogP contribution in [-0.4, -0.2) is 35.8 Å². The molecule has 4 nitrogen and oxygen atoms in total. The van der Waals surface area contributed by atoms with Crippen molar-refractivity contribution in [1.29, 1.82) is 0 Å². The normalized spacial score (nSPS) is 16.5. The molecule has 1 aromatic rings. The predicted molar refractivity (Wildman–Crippen MR) is 85.6 cm³/mol. The Morgan fingerprint density at radius 1 is 1.32 bits per heavy atom. The lowest BCUT2D eigenvalue weighted by atomic mass is 10.1. The number of piperidine rings is 1. The van der Waals surface area contributed by atoms with Crippen LogP contribution in [0.25, 0.3) is 0 Å². The van der Waals surface area contributed by atoms with E-state index in [1.165, 1.54) is 6.07 Å². The lowest BCUT2D eigenvalue weighted by Crippen LogP contribution is -2.44. The number of halogens is 2. The summed E-state index contributed by atoms with van der Waals surface area (Å²) in [6.07, 6.45) is 0.915. The lowest BCUT2D eigenvalue weighted by molar-refractivity contribution is 0.0123. The van der Waals surface area contributed by atoms with Crippen molar-refractivity contribution in [3.8, 4) is 5.75 Å². The Labute approximate surface area is 138 Å². The fourth-order valence-electron chi connectivity index (χ4n) is 2.23. The maximum atomic E-state index is 13.7. The summed E-state index contributed by atoms with van der Waals surface area (Å²) in [5, 5.41) is 0. The highest BCUT2D eigenvalue weighted by Gasteiger charge is 2.28. The zero-order chi connectivity index (χ0) is 16.3. The molecule has 0 radical (unpaired) electrons. The average molecular weight is 374 g/mol. The van der Waals surface area contributed by atoms with Crippen molar-refractivity contribution in [2.24, 2.45) is 0 Å². The molecule has 1 heterocycles. The van der Waals surface area contributed by atoms with Gasteiger partial charge in [-0.25, -0.2) is 9.18 Å². The van der Waals surface area contributed by atoms with E-state index in [0.717, 1.165) is 4.47 Å². The van der Waals surface area contributed by atoms with Gasteiger partial charge in [-0.05, 0) is 39.0 Å². The molecule has 2 rings (SSSR count).